The fourth-order valence-corrected chi connectivity index (χ4v) is 5.73. The van der Waals surface area contributed by atoms with E-state index < -0.39 is 16.1 Å². The number of hydrogen-bond donors (Lipinski definition) is 3. The minimum atomic E-state index is -0.858. The number of carbonyl (C=O) groups is 1. The van der Waals surface area contributed by atoms with Crippen molar-refractivity contribution in [2.45, 2.75) is 75.5 Å². The Kier molecular flexibility index (Phi) is 6.27. The quantitative estimate of drug-likeness (QED) is 0.368. The highest BCUT2D eigenvalue weighted by Gasteiger charge is 2.46. The van der Waals surface area contributed by atoms with E-state index in [0.29, 0.717) is 16.7 Å². The van der Waals surface area contributed by atoms with Crippen LogP contribution in [0.5, 0.6) is 0 Å². The van der Waals surface area contributed by atoms with Gasteiger partial charge in [-0.3, -0.25) is 14.9 Å². The number of non-ortho nitro benzene ring substituents is 1. The van der Waals surface area contributed by atoms with Crippen molar-refractivity contribution >= 4 is 23.5 Å². The van der Waals surface area contributed by atoms with Crippen LogP contribution in [-0.2, 0) is 4.79 Å². The summed E-state index contributed by atoms with van der Waals surface area (Å²) in [4.78, 5) is 24.2. The van der Waals surface area contributed by atoms with Gasteiger partial charge in [-0.25, -0.2) is 4.72 Å². The number of fused-ring (bicyclic) bond motifs is 2. The van der Waals surface area contributed by atoms with Gasteiger partial charge in [-0.15, -0.1) is 0 Å². The first-order valence-electron chi connectivity index (χ1n) is 10.2. The van der Waals surface area contributed by atoms with E-state index in [-0.39, 0.29) is 23.6 Å². The van der Waals surface area contributed by atoms with Crippen LogP contribution in [0, 0.1) is 27.9 Å². The van der Waals surface area contributed by atoms with Gasteiger partial charge in [-0.05, 0) is 82.2 Å². The SMILES string of the molecule is CC1CC2CC(CC(C)(O)C2)C1NC(=O)C(C)(C)NSc1cccc([N+](=O)[O-])c1. The van der Waals surface area contributed by atoms with Gasteiger partial charge in [0, 0.05) is 23.1 Å². The van der Waals surface area contributed by atoms with Gasteiger partial charge in [0.2, 0.25) is 5.91 Å². The maximum absolute atomic E-state index is 13.0. The third-order valence-corrected chi connectivity index (χ3v) is 7.31. The average Bonchev–Trinajstić information content (AvgIpc) is 2.62. The van der Waals surface area contributed by atoms with Gasteiger partial charge < -0.3 is 10.4 Å². The molecule has 0 aromatic heterocycles. The summed E-state index contributed by atoms with van der Waals surface area (Å²) >= 11 is 1.21. The maximum atomic E-state index is 13.0. The van der Waals surface area contributed by atoms with Crippen molar-refractivity contribution in [3.8, 4) is 0 Å². The smallest absolute Gasteiger partial charge is 0.270 e. The number of aliphatic hydroxyl groups is 1. The maximum Gasteiger partial charge on any atom is 0.270 e. The summed E-state index contributed by atoms with van der Waals surface area (Å²) in [5.74, 6) is 1.09. The van der Waals surface area contributed by atoms with Crippen LogP contribution in [-0.4, -0.2) is 33.1 Å². The van der Waals surface area contributed by atoms with Gasteiger partial charge in [-0.2, -0.15) is 0 Å². The summed E-state index contributed by atoms with van der Waals surface area (Å²) in [6.45, 7) is 7.70. The molecule has 0 aliphatic heterocycles. The van der Waals surface area contributed by atoms with E-state index in [4.69, 9.17) is 0 Å². The second kappa shape index (κ2) is 8.24. The lowest BCUT2D eigenvalue weighted by Gasteiger charge is -2.49. The van der Waals surface area contributed by atoms with Crippen molar-refractivity contribution < 1.29 is 14.8 Å². The fraction of sp³-hybridized carbons (Fsp3) is 0.667. The Morgan fingerprint density at radius 1 is 1.34 bits per heavy atom. The normalized spacial score (nSPS) is 31.9. The molecule has 8 heteroatoms. The molecule has 0 spiro atoms. The predicted octanol–water partition coefficient (Wildman–Crippen LogP) is 3.66. The molecule has 5 atom stereocenters. The molecule has 2 fully saturated rings. The van der Waals surface area contributed by atoms with Crippen LogP contribution in [0.2, 0.25) is 0 Å². The molecule has 160 valence electrons. The predicted molar refractivity (Wildman–Crippen MR) is 113 cm³/mol. The molecule has 7 nitrogen and oxygen atoms in total. The Balaban J connectivity index is 1.62. The van der Waals surface area contributed by atoms with Crippen LogP contribution in [0.15, 0.2) is 29.2 Å². The number of nitrogens with zero attached hydrogens (tertiary/aromatic N) is 1. The molecule has 0 radical (unpaired) electrons. The molecule has 0 heterocycles. The first-order chi connectivity index (χ1) is 13.5. The first kappa shape index (κ1) is 22.1. The number of nitro groups is 1. The first-order valence-corrected chi connectivity index (χ1v) is 11.0. The molecule has 0 saturated heterocycles. The van der Waals surface area contributed by atoms with E-state index in [2.05, 4.69) is 17.0 Å². The lowest BCUT2D eigenvalue weighted by molar-refractivity contribution is -0.385. The molecule has 1 aromatic rings. The number of nitro benzene ring substituents is 1. The average molecular weight is 422 g/mol. The Hall–Kier alpha value is -1.64. The number of carbonyl (C=O) groups excluding carboxylic acids is 1. The summed E-state index contributed by atoms with van der Waals surface area (Å²) in [6, 6.07) is 6.38. The van der Waals surface area contributed by atoms with Gasteiger partial charge >= 0.3 is 0 Å². The van der Waals surface area contributed by atoms with Crippen LogP contribution in [0.25, 0.3) is 0 Å². The molecular weight excluding hydrogens is 390 g/mol. The van der Waals surface area contributed by atoms with Gasteiger partial charge in [0.1, 0.15) is 5.54 Å². The molecule has 29 heavy (non-hydrogen) atoms. The van der Waals surface area contributed by atoms with Crippen LogP contribution in [0.1, 0.15) is 53.4 Å². The second-order valence-corrected chi connectivity index (χ2v) is 10.4. The molecule has 2 bridgehead atoms. The topological polar surface area (TPSA) is 104 Å². The van der Waals surface area contributed by atoms with Crippen LogP contribution in [0.4, 0.5) is 5.69 Å². The number of benzene rings is 1. The molecule has 2 saturated carbocycles. The van der Waals surface area contributed by atoms with Crippen molar-refractivity contribution in [3.63, 3.8) is 0 Å². The fourth-order valence-electron chi connectivity index (χ4n) is 4.94. The summed E-state index contributed by atoms with van der Waals surface area (Å²) in [6.07, 6.45) is 3.64. The van der Waals surface area contributed by atoms with Gasteiger partial charge in [0.05, 0.1) is 10.5 Å². The number of rotatable bonds is 6. The van der Waals surface area contributed by atoms with Crippen LogP contribution >= 0.6 is 11.9 Å². The van der Waals surface area contributed by atoms with E-state index in [1.807, 2.05) is 6.92 Å². The summed E-state index contributed by atoms with van der Waals surface area (Å²) in [5, 5.41) is 24.7. The molecule has 3 N–H and O–H groups in total. The summed E-state index contributed by atoms with van der Waals surface area (Å²) in [7, 11) is 0. The largest absolute Gasteiger partial charge is 0.390 e. The lowest BCUT2D eigenvalue weighted by Crippen LogP contribution is -2.59. The Bertz CT molecular complexity index is 781. The summed E-state index contributed by atoms with van der Waals surface area (Å²) in [5.41, 5.74) is -1.49. The summed E-state index contributed by atoms with van der Waals surface area (Å²) < 4.78 is 3.15. The number of amides is 1. The molecule has 2 aliphatic carbocycles. The standard InChI is InChI=1S/C21H31N3O4S/c1-13-8-14-9-15(12-21(4,26)11-14)18(13)22-19(25)20(2,3)23-29-17-7-5-6-16(10-17)24(27)28/h5-7,10,13-15,18,23,26H,8-9,11-12H2,1-4H3,(H,22,25). The number of hydrogen-bond acceptors (Lipinski definition) is 6. The third-order valence-electron chi connectivity index (χ3n) is 6.21. The highest BCUT2D eigenvalue weighted by Crippen LogP contribution is 2.46. The van der Waals surface area contributed by atoms with Gasteiger partial charge in [-0.1, -0.05) is 13.0 Å². The molecule has 1 amide bonds. The van der Waals surface area contributed by atoms with Crippen molar-refractivity contribution in [3.05, 3.63) is 34.4 Å². The van der Waals surface area contributed by atoms with Gasteiger partial charge in [0.25, 0.3) is 5.69 Å². The Morgan fingerprint density at radius 3 is 2.76 bits per heavy atom. The Morgan fingerprint density at radius 2 is 2.07 bits per heavy atom. The minimum absolute atomic E-state index is 0.0222. The second-order valence-electron chi connectivity index (χ2n) is 9.56. The number of nitrogens with one attached hydrogen (secondary N) is 2. The van der Waals surface area contributed by atoms with Crippen molar-refractivity contribution in [1.29, 1.82) is 0 Å². The molecule has 5 unspecified atom stereocenters. The van der Waals surface area contributed by atoms with Crippen molar-refractivity contribution in [2.24, 2.45) is 17.8 Å². The minimum Gasteiger partial charge on any atom is -0.390 e. The van der Waals surface area contributed by atoms with Crippen LogP contribution < -0.4 is 10.0 Å². The zero-order valence-electron chi connectivity index (χ0n) is 17.5. The van der Waals surface area contributed by atoms with Gasteiger partial charge in [0.15, 0.2) is 0 Å². The van der Waals surface area contributed by atoms with Crippen molar-refractivity contribution in [2.75, 3.05) is 0 Å². The molecule has 2 aliphatic rings. The molecular formula is C21H31N3O4S. The zero-order valence-corrected chi connectivity index (χ0v) is 18.3. The zero-order chi connectivity index (χ0) is 21.4. The van der Waals surface area contributed by atoms with E-state index >= 15 is 0 Å². The Labute approximate surface area is 176 Å². The monoisotopic (exact) mass is 421 g/mol. The van der Waals surface area contributed by atoms with E-state index in [9.17, 15) is 20.0 Å². The van der Waals surface area contributed by atoms with E-state index in [1.54, 1.807) is 26.0 Å². The van der Waals surface area contributed by atoms with E-state index in [1.165, 1.54) is 24.1 Å². The van der Waals surface area contributed by atoms with Crippen LogP contribution in [0.3, 0.4) is 0 Å². The third kappa shape index (κ3) is 5.29. The highest BCUT2D eigenvalue weighted by molar-refractivity contribution is 7.97. The molecule has 1 aromatic carbocycles. The lowest BCUT2D eigenvalue weighted by atomic mass is 9.61. The van der Waals surface area contributed by atoms with E-state index in [0.717, 1.165) is 25.7 Å². The highest BCUT2D eigenvalue weighted by atomic mass is 32.2. The van der Waals surface area contributed by atoms with Crippen molar-refractivity contribution in [1.82, 2.24) is 10.0 Å². The molecule has 3 rings (SSSR count).